The summed E-state index contributed by atoms with van der Waals surface area (Å²) in [6.45, 7) is 3.93. The molecule has 0 bridgehead atoms. The second-order valence-electron chi connectivity index (χ2n) is 3.52. The Kier molecular flexibility index (Phi) is 4.54. The van der Waals surface area contributed by atoms with Gasteiger partial charge in [-0.05, 0) is 24.1 Å². The van der Waals surface area contributed by atoms with E-state index < -0.39 is 6.04 Å². The average Bonchev–Trinajstić information content (AvgIpc) is 2.28. The molecule has 1 unspecified atom stereocenters. The third kappa shape index (κ3) is 3.74. The van der Waals surface area contributed by atoms with Crippen LogP contribution in [0, 0.1) is 0 Å². The number of carbonyl (C=O) groups is 1. The summed E-state index contributed by atoms with van der Waals surface area (Å²) in [5, 5.41) is 11.8. The third-order valence-corrected chi connectivity index (χ3v) is 2.16. The maximum Gasteiger partial charge on any atom is 0.237 e. The number of benzene rings is 1. The summed E-state index contributed by atoms with van der Waals surface area (Å²) < 4.78 is 0. The van der Waals surface area contributed by atoms with E-state index in [4.69, 9.17) is 10.8 Å². The van der Waals surface area contributed by atoms with E-state index in [0.29, 0.717) is 13.0 Å². The second-order valence-corrected chi connectivity index (χ2v) is 3.52. The summed E-state index contributed by atoms with van der Waals surface area (Å²) in [5.41, 5.74) is 6.51. The quantitative estimate of drug-likeness (QED) is 0.646. The SMILES string of the molecule is C=CCC(N)C(=O)NCc1ccc(O)cc1. The zero-order valence-corrected chi connectivity index (χ0v) is 9.02. The predicted octanol–water partition coefficient (Wildman–Crippen LogP) is 0.912. The molecule has 0 aliphatic carbocycles. The van der Waals surface area contributed by atoms with Crippen molar-refractivity contribution >= 4 is 5.91 Å². The van der Waals surface area contributed by atoms with Crippen molar-refractivity contribution in [1.82, 2.24) is 5.32 Å². The fourth-order valence-corrected chi connectivity index (χ4v) is 1.22. The van der Waals surface area contributed by atoms with Crippen LogP contribution in [0.4, 0.5) is 0 Å². The molecule has 0 aliphatic rings. The zero-order valence-electron chi connectivity index (χ0n) is 9.02. The molecule has 4 nitrogen and oxygen atoms in total. The van der Waals surface area contributed by atoms with Crippen LogP contribution in [0.25, 0.3) is 0 Å². The molecule has 1 aromatic carbocycles. The molecule has 0 radical (unpaired) electrons. The topological polar surface area (TPSA) is 75.4 Å². The van der Waals surface area contributed by atoms with E-state index in [1.165, 1.54) is 0 Å². The van der Waals surface area contributed by atoms with E-state index in [-0.39, 0.29) is 11.7 Å². The Labute approximate surface area is 94.8 Å². The van der Waals surface area contributed by atoms with Gasteiger partial charge in [-0.2, -0.15) is 0 Å². The second kappa shape index (κ2) is 5.92. The summed E-state index contributed by atoms with van der Waals surface area (Å²) in [5.74, 6) is 0.00594. The summed E-state index contributed by atoms with van der Waals surface area (Å²) in [4.78, 5) is 11.4. The molecule has 1 amide bonds. The van der Waals surface area contributed by atoms with Crippen LogP contribution < -0.4 is 11.1 Å². The molecule has 1 aromatic rings. The molecule has 0 saturated heterocycles. The summed E-state index contributed by atoms with van der Waals surface area (Å²) in [6.07, 6.45) is 2.08. The van der Waals surface area contributed by atoms with Crippen LogP contribution >= 0.6 is 0 Å². The maximum absolute atomic E-state index is 11.4. The first kappa shape index (κ1) is 12.3. The Balaban J connectivity index is 2.42. The van der Waals surface area contributed by atoms with Crippen LogP contribution in [0.1, 0.15) is 12.0 Å². The van der Waals surface area contributed by atoms with Crippen molar-refractivity contribution in [2.45, 2.75) is 19.0 Å². The Morgan fingerprint density at radius 1 is 1.50 bits per heavy atom. The molecule has 16 heavy (non-hydrogen) atoms. The van der Waals surface area contributed by atoms with Crippen LogP contribution in [-0.4, -0.2) is 17.1 Å². The van der Waals surface area contributed by atoms with Gasteiger partial charge in [0.2, 0.25) is 5.91 Å². The number of rotatable bonds is 5. The largest absolute Gasteiger partial charge is 0.508 e. The van der Waals surface area contributed by atoms with Crippen molar-refractivity contribution in [2.24, 2.45) is 5.73 Å². The first-order valence-electron chi connectivity index (χ1n) is 5.05. The molecule has 1 rings (SSSR count). The molecule has 0 fully saturated rings. The molecule has 4 N–H and O–H groups in total. The van der Waals surface area contributed by atoms with E-state index in [2.05, 4.69) is 11.9 Å². The van der Waals surface area contributed by atoms with Crippen molar-refractivity contribution < 1.29 is 9.90 Å². The molecule has 0 saturated carbocycles. The van der Waals surface area contributed by atoms with E-state index in [1.54, 1.807) is 30.3 Å². The van der Waals surface area contributed by atoms with Gasteiger partial charge in [0.05, 0.1) is 6.04 Å². The first-order valence-corrected chi connectivity index (χ1v) is 5.05. The predicted molar refractivity (Wildman–Crippen MR) is 62.7 cm³/mol. The monoisotopic (exact) mass is 220 g/mol. The number of amides is 1. The third-order valence-electron chi connectivity index (χ3n) is 2.16. The highest BCUT2D eigenvalue weighted by Gasteiger charge is 2.10. The van der Waals surface area contributed by atoms with Gasteiger partial charge < -0.3 is 16.2 Å². The minimum Gasteiger partial charge on any atom is -0.508 e. The van der Waals surface area contributed by atoms with E-state index in [9.17, 15) is 4.79 Å². The minimum atomic E-state index is -0.547. The summed E-state index contributed by atoms with van der Waals surface area (Å²) in [6, 6.07) is 6.09. The molecule has 0 spiro atoms. The van der Waals surface area contributed by atoms with Gasteiger partial charge >= 0.3 is 0 Å². The highest BCUT2D eigenvalue weighted by Crippen LogP contribution is 2.09. The van der Waals surface area contributed by atoms with Crippen molar-refractivity contribution in [2.75, 3.05) is 0 Å². The molecular formula is C12H16N2O2. The number of hydrogen-bond donors (Lipinski definition) is 3. The van der Waals surface area contributed by atoms with E-state index >= 15 is 0 Å². The van der Waals surface area contributed by atoms with Gasteiger partial charge in [-0.3, -0.25) is 4.79 Å². The maximum atomic E-state index is 11.4. The lowest BCUT2D eigenvalue weighted by molar-refractivity contribution is -0.122. The Morgan fingerprint density at radius 3 is 2.69 bits per heavy atom. The number of phenolic OH excluding ortho intramolecular Hbond substituents is 1. The molecule has 1 atom stereocenters. The lowest BCUT2D eigenvalue weighted by atomic mass is 10.2. The molecule has 0 aliphatic heterocycles. The fraction of sp³-hybridized carbons (Fsp3) is 0.250. The van der Waals surface area contributed by atoms with Crippen molar-refractivity contribution in [3.05, 3.63) is 42.5 Å². The van der Waals surface area contributed by atoms with Crippen molar-refractivity contribution in [1.29, 1.82) is 0 Å². The van der Waals surface area contributed by atoms with Crippen molar-refractivity contribution in [3.8, 4) is 5.75 Å². The molecular weight excluding hydrogens is 204 g/mol. The van der Waals surface area contributed by atoms with Crippen molar-refractivity contribution in [3.63, 3.8) is 0 Å². The standard InChI is InChI=1S/C12H16N2O2/c1-2-3-11(13)12(16)14-8-9-4-6-10(15)7-5-9/h2,4-7,11,15H,1,3,8,13H2,(H,14,16). The van der Waals surface area contributed by atoms with Crippen LogP contribution in [0.5, 0.6) is 5.75 Å². The van der Waals surface area contributed by atoms with Gasteiger partial charge in [-0.25, -0.2) is 0 Å². The number of carbonyl (C=O) groups excluding carboxylic acids is 1. The fourth-order valence-electron chi connectivity index (χ4n) is 1.22. The summed E-state index contributed by atoms with van der Waals surface area (Å²) in [7, 11) is 0. The Hall–Kier alpha value is -1.81. The van der Waals surface area contributed by atoms with Crippen LogP contribution in [0.15, 0.2) is 36.9 Å². The van der Waals surface area contributed by atoms with Gasteiger partial charge in [-0.15, -0.1) is 6.58 Å². The Morgan fingerprint density at radius 2 is 2.12 bits per heavy atom. The normalized spacial score (nSPS) is 11.8. The van der Waals surface area contributed by atoms with Gasteiger partial charge in [-0.1, -0.05) is 18.2 Å². The number of aromatic hydroxyl groups is 1. The number of hydrogen-bond acceptors (Lipinski definition) is 3. The minimum absolute atomic E-state index is 0.201. The first-order chi connectivity index (χ1) is 7.63. The highest BCUT2D eigenvalue weighted by molar-refractivity contribution is 5.81. The smallest absolute Gasteiger partial charge is 0.237 e. The zero-order chi connectivity index (χ0) is 12.0. The number of nitrogens with one attached hydrogen (secondary N) is 1. The van der Waals surface area contributed by atoms with Crippen LogP contribution in [0.2, 0.25) is 0 Å². The highest BCUT2D eigenvalue weighted by atomic mass is 16.3. The van der Waals surface area contributed by atoms with Gasteiger partial charge in [0.1, 0.15) is 5.75 Å². The van der Waals surface area contributed by atoms with Gasteiger partial charge in [0, 0.05) is 6.54 Å². The average molecular weight is 220 g/mol. The summed E-state index contributed by atoms with van der Waals surface area (Å²) >= 11 is 0. The molecule has 86 valence electrons. The van der Waals surface area contributed by atoms with Gasteiger partial charge in [0.15, 0.2) is 0 Å². The molecule has 0 aromatic heterocycles. The molecule has 0 heterocycles. The van der Waals surface area contributed by atoms with Gasteiger partial charge in [0.25, 0.3) is 0 Å². The number of phenols is 1. The lowest BCUT2D eigenvalue weighted by Gasteiger charge is -2.10. The van der Waals surface area contributed by atoms with Crippen LogP contribution in [-0.2, 0) is 11.3 Å². The molecule has 4 heteroatoms. The van der Waals surface area contributed by atoms with E-state index in [1.807, 2.05) is 0 Å². The van der Waals surface area contributed by atoms with Crippen LogP contribution in [0.3, 0.4) is 0 Å². The Bertz CT molecular complexity index is 360. The van der Waals surface area contributed by atoms with E-state index in [0.717, 1.165) is 5.56 Å². The number of nitrogens with two attached hydrogens (primary N) is 1. The lowest BCUT2D eigenvalue weighted by Crippen LogP contribution is -2.39.